The van der Waals surface area contributed by atoms with Gasteiger partial charge in [-0.15, -0.1) is 0 Å². The zero-order chi connectivity index (χ0) is 60.5. The van der Waals surface area contributed by atoms with E-state index >= 15 is 0 Å². The van der Waals surface area contributed by atoms with Crippen LogP contribution in [0.4, 0.5) is 0 Å². The lowest BCUT2D eigenvalue weighted by molar-refractivity contribution is -0.870. The van der Waals surface area contributed by atoms with Crippen molar-refractivity contribution in [3.8, 4) is 0 Å². The molecule has 1 amide bonds. The number of phosphoric ester groups is 1. The molecule has 0 bridgehead atoms. The Hall–Kier alpha value is -3.10. The minimum atomic E-state index is -4.37. The molecular weight excluding hydrogens is 1040 g/mol. The van der Waals surface area contributed by atoms with Crippen LogP contribution in [0, 0.1) is 0 Å². The number of aliphatic hydroxyl groups is 1. The number of hydrogen-bond acceptors (Lipinski definition) is 5. The first kappa shape index (κ1) is 79.9. The largest absolute Gasteiger partial charge is 0.472 e. The first-order chi connectivity index (χ1) is 40.5. The average molecular weight is 1180 g/mol. The number of nitrogens with zero attached hydrogens (tertiary/aromatic N) is 1. The average Bonchev–Trinajstić information content (AvgIpc) is 3.49. The molecule has 0 saturated heterocycles. The molecule has 0 aliphatic rings. The number of carbonyl (C=O) groups is 1. The molecule has 0 saturated carbocycles. The van der Waals surface area contributed by atoms with Crippen LogP contribution < -0.4 is 5.32 Å². The second-order valence-electron chi connectivity index (χ2n) is 24.2. The number of phosphoric acid groups is 1. The van der Waals surface area contributed by atoms with E-state index in [-0.39, 0.29) is 19.1 Å². The van der Waals surface area contributed by atoms with E-state index in [9.17, 15) is 19.4 Å². The highest BCUT2D eigenvalue weighted by molar-refractivity contribution is 7.47. The van der Waals surface area contributed by atoms with Gasteiger partial charge in [-0.05, 0) is 103 Å². The second-order valence-corrected chi connectivity index (χ2v) is 25.6. The number of quaternary nitrogens is 1. The SMILES string of the molecule is CC/C=C\C/C=C\C/C=C\C/C=C\C/C=C\C/C=C\C/C=C\CCCCCCCCCCCCCCCCCCCCCC(=O)NC(COP(=O)(O)OCC[N+](C)(C)C)C(O)/C=C/CC/C=C/CC/C=C/CCCCCCCCCCCC. The van der Waals surface area contributed by atoms with Crippen LogP contribution in [0.5, 0.6) is 0 Å². The molecule has 0 spiro atoms. The van der Waals surface area contributed by atoms with Crippen molar-refractivity contribution in [3.63, 3.8) is 0 Å². The predicted molar refractivity (Wildman–Crippen MR) is 364 cm³/mol. The van der Waals surface area contributed by atoms with Gasteiger partial charge in [-0.25, -0.2) is 4.57 Å². The summed E-state index contributed by atoms with van der Waals surface area (Å²) in [6.45, 7) is 4.68. The summed E-state index contributed by atoms with van der Waals surface area (Å²) in [5.41, 5.74) is 0. The first-order valence-electron chi connectivity index (χ1n) is 34.4. The molecule has 3 N–H and O–H groups in total. The molecule has 9 heteroatoms. The Bertz CT molecular complexity index is 1770. The van der Waals surface area contributed by atoms with Crippen LogP contribution in [0.3, 0.4) is 0 Å². The summed E-state index contributed by atoms with van der Waals surface area (Å²) < 4.78 is 23.8. The predicted octanol–water partition coefficient (Wildman–Crippen LogP) is 22.0. The molecule has 0 radical (unpaired) electrons. The van der Waals surface area contributed by atoms with Crippen LogP contribution in [-0.4, -0.2) is 73.4 Å². The van der Waals surface area contributed by atoms with Gasteiger partial charge in [0.1, 0.15) is 13.2 Å². The highest BCUT2D eigenvalue weighted by Crippen LogP contribution is 2.43. The molecule has 0 aliphatic heterocycles. The molecular formula is C74H132N2O6P+. The fourth-order valence-electron chi connectivity index (χ4n) is 9.59. The van der Waals surface area contributed by atoms with Gasteiger partial charge in [-0.3, -0.25) is 13.8 Å². The van der Waals surface area contributed by atoms with Crippen LogP contribution in [0.15, 0.2) is 122 Å². The number of allylic oxidation sites excluding steroid dienone is 19. The number of aliphatic hydroxyl groups excluding tert-OH is 1. The van der Waals surface area contributed by atoms with Gasteiger partial charge in [-0.1, -0.05) is 302 Å². The summed E-state index contributed by atoms with van der Waals surface area (Å²) in [6, 6.07) is -0.876. The van der Waals surface area contributed by atoms with E-state index < -0.39 is 20.0 Å². The van der Waals surface area contributed by atoms with Gasteiger partial charge < -0.3 is 19.8 Å². The van der Waals surface area contributed by atoms with E-state index in [1.54, 1.807) is 6.08 Å². The molecule has 0 aromatic heterocycles. The van der Waals surface area contributed by atoms with E-state index in [1.165, 1.54) is 180 Å². The van der Waals surface area contributed by atoms with Crippen molar-refractivity contribution in [2.75, 3.05) is 40.9 Å². The Morgan fingerprint density at radius 2 is 0.735 bits per heavy atom. The minimum absolute atomic E-state index is 0.0505. The van der Waals surface area contributed by atoms with E-state index in [1.807, 2.05) is 27.2 Å². The molecule has 0 rings (SSSR count). The third-order valence-electron chi connectivity index (χ3n) is 14.9. The minimum Gasteiger partial charge on any atom is -0.387 e. The molecule has 0 aromatic carbocycles. The molecule has 0 fully saturated rings. The van der Waals surface area contributed by atoms with Crippen LogP contribution in [0.2, 0.25) is 0 Å². The second kappa shape index (κ2) is 63.4. The Balaban J connectivity index is 4.04. The Kier molecular flexibility index (Phi) is 61.0. The van der Waals surface area contributed by atoms with Gasteiger partial charge in [0, 0.05) is 6.42 Å². The first-order valence-corrected chi connectivity index (χ1v) is 35.9. The van der Waals surface area contributed by atoms with E-state index in [2.05, 4.69) is 129 Å². The van der Waals surface area contributed by atoms with Gasteiger partial charge in [0.05, 0.1) is 39.9 Å². The summed E-state index contributed by atoms with van der Waals surface area (Å²) in [7, 11) is 1.54. The van der Waals surface area contributed by atoms with Crippen molar-refractivity contribution in [2.24, 2.45) is 0 Å². The van der Waals surface area contributed by atoms with Gasteiger partial charge >= 0.3 is 7.82 Å². The monoisotopic (exact) mass is 1180 g/mol. The van der Waals surface area contributed by atoms with Crippen LogP contribution in [-0.2, 0) is 18.4 Å². The lowest BCUT2D eigenvalue weighted by Gasteiger charge is -2.25. The van der Waals surface area contributed by atoms with Gasteiger partial charge in [0.2, 0.25) is 5.91 Å². The molecule has 0 heterocycles. The molecule has 3 atom stereocenters. The zero-order valence-electron chi connectivity index (χ0n) is 54.7. The molecule has 0 aromatic rings. The number of rotatable bonds is 62. The maximum atomic E-state index is 13.0. The number of carbonyl (C=O) groups excluding carboxylic acids is 1. The maximum Gasteiger partial charge on any atom is 0.472 e. The lowest BCUT2D eigenvalue weighted by Crippen LogP contribution is -2.45. The summed E-state index contributed by atoms with van der Waals surface area (Å²) >= 11 is 0. The van der Waals surface area contributed by atoms with Crippen LogP contribution in [0.1, 0.15) is 290 Å². The van der Waals surface area contributed by atoms with Gasteiger partial charge in [0.25, 0.3) is 0 Å². The summed E-state index contributed by atoms with van der Waals surface area (Å²) in [4.78, 5) is 23.4. The third kappa shape index (κ3) is 66.3. The molecule has 3 unspecified atom stereocenters. The quantitative estimate of drug-likeness (QED) is 0.0243. The van der Waals surface area contributed by atoms with Gasteiger partial charge in [0.15, 0.2) is 0 Å². The van der Waals surface area contributed by atoms with E-state index in [0.29, 0.717) is 17.4 Å². The lowest BCUT2D eigenvalue weighted by atomic mass is 10.0. The third-order valence-corrected chi connectivity index (χ3v) is 15.9. The number of unbranched alkanes of at least 4 members (excludes halogenated alkanes) is 31. The Morgan fingerprint density at radius 1 is 0.422 bits per heavy atom. The number of hydrogen-bond donors (Lipinski definition) is 3. The fourth-order valence-corrected chi connectivity index (χ4v) is 10.3. The highest BCUT2D eigenvalue weighted by atomic mass is 31.2. The topological polar surface area (TPSA) is 105 Å². The Morgan fingerprint density at radius 3 is 1.11 bits per heavy atom. The van der Waals surface area contributed by atoms with Crippen molar-refractivity contribution >= 4 is 13.7 Å². The number of likely N-dealkylation sites (N-methyl/N-ethyl adjacent to an activating group) is 1. The fraction of sp³-hybridized carbons (Fsp3) is 0.716. The highest BCUT2D eigenvalue weighted by Gasteiger charge is 2.28. The van der Waals surface area contributed by atoms with Crippen LogP contribution in [0.25, 0.3) is 0 Å². The van der Waals surface area contributed by atoms with Crippen molar-refractivity contribution in [2.45, 2.75) is 302 Å². The van der Waals surface area contributed by atoms with Crippen molar-refractivity contribution in [1.82, 2.24) is 5.32 Å². The zero-order valence-corrected chi connectivity index (χ0v) is 55.5. The maximum absolute atomic E-state index is 13.0. The smallest absolute Gasteiger partial charge is 0.387 e. The normalized spacial score (nSPS) is 14.4. The summed E-state index contributed by atoms with van der Waals surface area (Å²) in [5.74, 6) is -0.191. The standard InChI is InChI=1S/C74H131N2O6P/c1-6-8-10-12-14-16-18-20-22-24-26-28-29-30-31-32-33-34-35-36-37-38-39-40-41-42-43-44-45-46-47-48-50-52-54-56-58-60-62-64-66-68-74(78)75-72(71-82-83(79,80)81-70-69-76(3,4)5)73(77)67-65-63-61-59-57-55-53-51-49-27-25-23-21-19-17-15-13-11-9-7-2/h8,10,14,16,20,22,26,28,30-31,33-34,36-37,49,51,57,59,65,67,72-73,77H,6-7,9,11-13,15,17-19,21,23-25,27,29,32,35,38-48,50,52-56,58,60-64,66,68-71H2,1-5H3,(H-,75,78,79,80)/p+1/b10-8-,16-14-,22-20-,28-26-,31-30-,34-33-,37-36-,51-49+,59-57+,67-65+. The van der Waals surface area contributed by atoms with Crippen molar-refractivity contribution in [1.29, 1.82) is 0 Å². The van der Waals surface area contributed by atoms with E-state index in [0.717, 1.165) is 89.9 Å². The summed E-state index contributed by atoms with van der Waals surface area (Å²) in [5, 5.41) is 14.0. The number of nitrogens with one attached hydrogen (secondary N) is 1. The van der Waals surface area contributed by atoms with Crippen molar-refractivity contribution in [3.05, 3.63) is 122 Å². The molecule has 83 heavy (non-hydrogen) atoms. The van der Waals surface area contributed by atoms with Crippen molar-refractivity contribution < 1.29 is 32.9 Å². The molecule has 0 aliphatic carbocycles. The molecule has 478 valence electrons. The van der Waals surface area contributed by atoms with E-state index in [4.69, 9.17) is 9.05 Å². The Labute approximate surface area is 514 Å². The molecule has 8 nitrogen and oxygen atoms in total. The van der Waals surface area contributed by atoms with Crippen LogP contribution >= 0.6 is 7.82 Å². The summed E-state index contributed by atoms with van der Waals surface area (Å²) in [6.07, 6.45) is 94.9. The van der Waals surface area contributed by atoms with Gasteiger partial charge in [-0.2, -0.15) is 0 Å². The number of amides is 1.